The average Bonchev–Trinajstić information content (AvgIpc) is 2.69. The molecule has 0 saturated carbocycles. The molecule has 0 aromatic heterocycles. The van der Waals surface area contributed by atoms with Crippen LogP contribution in [0.1, 0.15) is 26.3 Å². The third-order valence-electron chi connectivity index (χ3n) is 4.08. The Labute approximate surface area is 172 Å². The second-order valence-corrected chi connectivity index (χ2v) is 7.90. The van der Waals surface area contributed by atoms with Gasteiger partial charge in [0.2, 0.25) is 0 Å². The summed E-state index contributed by atoms with van der Waals surface area (Å²) in [5, 5.41) is 13.2. The van der Waals surface area contributed by atoms with Gasteiger partial charge in [-0.2, -0.15) is 0 Å². The van der Waals surface area contributed by atoms with Crippen LogP contribution < -0.4 is 14.8 Å². The van der Waals surface area contributed by atoms with E-state index in [2.05, 4.69) is 26.1 Å². The quantitative estimate of drug-likeness (QED) is 0.529. The van der Waals surface area contributed by atoms with Crippen LogP contribution in [-0.4, -0.2) is 49.7 Å². The zero-order valence-corrected chi connectivity index (χ0v) is 17.5. The van der Waals surface area contributed by atoms with Gasteiger partial charge in [-0.15, -0.1) is 0 Å². The Morgan fingerprint density at radius 2 is 1.52 bits per heavy atom. The molecule has 2 aromatic rings. The van der Waals surface area contributed by atoms with Crippen LogP contribution in [0.4, 0.5) is 4.39 Å². The van der Waals surface area contributed by atoms with Crippen molar-refractivity contribution in [3.8, 4) is 11.5 Å². The first-order valence-electron chi connectivity index (χ1n) is 9.93. The summed E-state index contributed by atoms with van der Waals surface area (Å²) in [5.74, 6) is 1.19. The van der Waals surface area contributed by atoms with Gasteiger partial charge in [-0.3, -0.25) is 0 Å². The number of ether oxygens (including phenoxy) is 3. The zero-order chi connectivity index (χ0) is 21.1. The number of rotatable bonds is 12. The van der Waals surface area contributed by atoms with Gasteiger partial charge >= 0.3 is 0 Å². The third-order valence-corrected chi connectivity index (χ3v) is 4.08. The van der Waals surface area contributed by atoms with Crippen molar-refractivity contribution in [3.05, 3.63) is 59.9 Å². The molecule has 0 aliphatic carbocycles. The van der Waals surface area contributed by atoms with Crippen LogP contribution in [0.5, 0.6) is 11.5 Å². The first-order valence-corrected chi connectivity index (χ1v) is 9.93. The minimum atomic E-state index is -0.572. The van der Waals surface area contributed by atoms with Gasteiger partial charge in [0.05, 0.1) is 13.2 Å². The van der Waals surface area contributed by atoms with E-state index >= 15 is 0 Å². The molecule has 0 fully saturated rings. The standard InChI is InChI=1S/C23H32FNO4/c1-23(2,3)25-16-20(26)17-29-22-10-8-21(9-11-22)28-15-14-27-13-12-18-4-6-19(24)7-5-18/h4-11,20,25-26H,12-17H2,1-3H3. The van der Waals surface area contributed by atoms with E-state index in [9.17, 15) is 9.50 Å². The normalized spacial score (nSPS) is 12.6. The number of benzene rings is 2. The molecular formula is C23H32FNO4. The summed E-state index contributed by atoms with van der Waals surface area (Å²) in [6, 6.07) is 13.7. The molecule has 0 radical (unpaired) electrons. The fraction of sp³-hybridized carbons (Fsp3) is 0.478. The van der Waals surface area contributed by atoms with Crippen molar-refractivity contribution in [2.24, 2.45) is 0 Å². The minimum absolute atomic E-state index is 0.0371. The third kappa shape index (κ3) is 10.3. The summed E-state index contributed by atoms with van der Waals surface area (Å²) in [7, 11) is 0. The highest BCUT2D eigenvalue weighted by molar-refractivity contribution is 5.31. The van der Waals surface area contributed by atoms with Gasteiger partial charge in [-0.05, 0) is 69.2 Å². The Morgan fingerprint density at radius 1 is 0.897 bits per heavy atom. The number of nitrogens with one attached hydrogen (secondary N) is 1. The van der Waals surface area contributed by atoms with E-state index in [1.54, 1.807) is 12.1 Å². The Bertz CT molecular complexity index is 698. The van der Waals surface area contributed by atoms with Gasteiger partial charge in [0, 0.05) is 12.1 Å². The highest BCUT2D eigenvalue weighted by Gasteiger charge is 2.12. The van der Waals surface area contributed by atoms with Gasteiger partial charge in [0.1, 0.15) is 36.6 Å². The van der Waals surface area contributed by atoms with E-state index in [4.69, 9.17) is 14.2 Å². The molecule has 29 heavy (non-hydrogen) atoms. The molecule has 2 aromatic carbocycles. The lowest BCUT2D eigenvalue weighted by atomic mass is 10.1. The second kappa shape index (κ2) is 11.8. The van der Waals surface area contributed by atoms with Gasteiger partial charge in [-0.25, -0.2) is 4.39 Å². The maximum atomic E-state index is 12.8. The smallest absolute Gasteiger partial charge is 0.123 e. The van der Waals surface area contributed by atoms with Crippen LogP contribution in [0.2, 0.25) is 0 Å². The lowest BCUT2D eigenvalue weighted by Gasteiger charge is -2.23. The van der Waals surface area contributed by atoms with Gasteiger partial charge in [0.25, 0.3) is 0 Å². The summed E-state index contributed by atoms with van der Waals surface area (Å²) in [6.07, 6.45) is 0.167. The molecule has 2 rings (SSSR count). The van der Waals surface area contributed by atoms with Crippen LogP contribution in [0.15, 0.2) is 48.5 Å². The molecule has 0 heterocycles. The Balaban J connectivity index is 1.57. The van der Waals surface area contributed by atoms with Crippen molar-refractivity contribution >= 4 is 0 Å². The van der Waals surface area contributed by atoms with Crippen LogP contribution in [0.25, 0.3) is 0 Å². The summed E-state index contributed by atoms with van der Waals surface area (Å²) < 4.78 is 29.6. The van der Waals surface area contributed by atoms with Crippen molar-refractivity contribution in [2.75, 3.05) is 33.0 Å². The molecule has 0 amide bonds. The van der Waals surface area contributed by atoms with Crippen LogP contribution >= 0.6 is 0 Å². The SMILES string of the molecule is CC(C)(C)NCC(O)COc1ccc(OCCOCCc2ccc(F)cc2)cc1. The number of aliphatic hydroxyl groups excluding tert-OH is 1. The molecule has 6 heteroatoms. The van der Waals surface area contributed by atoms with Crippen LogP contribution in [0.3, 0.4) is 0 Å². The largest absolute Gasteiger partial charge is 0.491 e. The van der Waals surface area contributed by atoms with E-state index in [1.165, 1.54) is 12.1 Å². The lowest BCUT2D eigenvalue weighted by Crippen LogP contribution is -2.42. The summed E-state index contributed by atoms with van der Waals surface area (Å²) in [5.41, 5.74) is 1.01. The maximum Gasteiger partial charge on any atom is 0.123 e. The molecule has 0 aliphatic heterocycles. The van der Waals surface area contributed by atoms with Crippen LogP contribution in [0, 0.1) is 5.82 Å². The highest BCUT2D eigenvalue weighted by atomic mass is 19.1. The first-order chi connectivity index (χ1) is 13.8. The molecule has 0 bridgehead atoms. The minimum Gasteiger partial charge on any atom is -0.491 e. The zero-order valence-electron chi connectivity index (χ0n) is 17.5. The molecule has 160 valence electrons. The Kier molecular flexibility index (Phi) is 9.38. The summed E-state index contributed by atoms with van der Waals surface area (Å²) in [6.45, 7) is 8.35. The molecule has 0 saturated heterocycles. The van der Waals surface area contributed by atoms with E-state index in [0.717, 1.165) is 17.7 Å². The van der Waals surface area contributed by atoms with E-state index in [-0.39, 0.29) is 18.0 Å². The topological polar surface area (TPSA) is 60.0 Å². The predicted molar refractivity (Wildman–Crippen MR) is 112 cm³/mol. The maximum absolute atomic E-state index is 12.8. The van der Waals surface area contributed by atoms with Crippen molar-refractivity contribution in [2.45, 2.75) is 38.8 Å². The number of hydrogen-bond acceptors (Lipinski definition) is 5. The molecule has 1 unspecified atom stereocenters. The Morgan fingerprint density at radius 3 is 2.14 bits per heavy atom. The molecule has 1 atom stereocenters. The van der Waals surface area contributed by atoms with E-state index in [0.29, 0.717) is 32.1 Å². The van der Waals surface area contributed by atoms with Crippen molar-refractivity contribution in [3.63, 3.8) is 0 Å². The molecule has 2 N–H and O–H groups in total. The highest BCUT2D eigenvalue weighted by Crippen LogP contribution is 2.17. The monoisotopic (exact) mass is 405 g/mol. The fourth-order valence-corrected chi connectivity index (χ4v) is 2.47. The molecule has 0 spiro atoms. The van der Waals surface area contributed by atoms with Gasteiger partial charge < -0.3 is 24.6 Å². The lowest BCUT2D eigenvalue weighted by molar-refractivity contribution is 0.0993. The predicted octanol–water partition coefficient (Wildman–Crippen LogP) is 3.59. The van der Waals surface area contributed by atoms with Crippen molar-refractivity contribution < 1.29 is 23.7 Å². The number of aliphatic hydroxyl groups is 1. The molecular weight excluding hydrogens is 373 g/mol. The number of halogens is 1. The number of β-amino-alcohol motifs (C(OH)–C–C–N with tert-alkyl or cyclic N) is 1. The first kappa shape index (κ1) is 23.1. The second-order valence-electron chi connectivity index (χ2n) is 7.90. The van der Waals surface area contributed by atoms with Crippen molar-refractivity contribution in [1.29, 1.82) is 0 Å². The number of hydrogen-bond donors (Lipinski definition) is 2. The van der Waals surface area contributed by atoms with E-state index in [1.807, 2.05) is 24.3 Å². The van der Waals surface area contributed by atoms with Gasteiger partial charge in [-0.1, -0.05) is 12.1 Å². The Hall–Kier alpha value is -2.15. The van der Waals surface area contributed by atoms with Crippen molar-refractivity contribution in [1.82, 2.24) is 5.32 Å². The van der Waals surface area contributed by atoms with Crippen LogP contribution in [-0.2, 0) is 11.2 Å². The fourth-order valence-electron chi connectivity index (χ4n) is 2.47. The molecule has 5 nitrogen and oxygen atoms in total. The average molecular weight is 406 g/mol. The summed E-state index contributed by atoms with van der Waals surface area (Å²) >= 11 is 0. The van der Waals surface area contributed by atoms with E-state index < -0.39 is 6.10 Å². The summed E-state index contributed by atoms with van der Waals surface area (Å²) in [4.78, 5) is 0. The van der Waals surface area contributed by atoms with Gasteiger partial charge in [0.15, 0.2) is 0 Å². The molecule has 0 aliphatic rings.